The van der Waals surface area contributed by atoms with Crippen LogP contribution in [-0.2, 0) is 10.2 Å². The van der Waals surface area contributed by atoms with Gasteiger partial charge >= 0.3 is 5.97 Å². The number of aliphatic carboxylic acids is 1. The number of thioether (sulfide) groups is 1. The summed E-state index contributed by atoms with van der Waals surface area (Å²) in [5, 5.41) is 11.8. The third kappa shape index (κ3) is 3.82. The molecule has 2 aromatic rings. The molecule has 2 heterocycles. The maximum Gasteiger partial charge on any atom is 0.327 e. The van der Waals surface area contributed by atoms with Gasteiger partial charge in [-0.15, -0.1) is 23.1 Å². The predicted molar refractivity (Wildman–Crippen MR) is 107 cm³/mol. The van der Waals surface area contributed by atoms with Crippen molar-refractivity contribution >= 4 is 35.0 Å². The largest absolute Gasteiger partial charge is 0.496 e. The molecular weight excluding hydrogens is 384 g/mol. The Bertz CT molecular complexity index is 846. The molecule has 0 bridgehead atoms. The van der Waals surface area contributed by atoms with Crippen LogP contribution in [0.5, 0.6) is 5.75 Å². The summed E-state index contributed by atoms with van der Waals surface area (Å²) in [7, 11) is 1.57. The molecule has 1 saturated heterocycles. The van der Waals surface area contributed by atoms with E-state index in [4.69, 9.17) is 4.74 Å². The Morgan fingerprint density at radius 2 is 2.07 bits per heavy atom. The summed E-state index contributed by atoms with van der Waals surface area (Å²) in [6.45, 7) is 6.22. The van der Waals surface area contributed by atoms with Gasteiger partial charge < -0.3 is 14.7 Å². The van der Waals surface area contributed by atoms with Crippen molar-refractivity contribution in [2.75, 3.05) is 12.9 Å². The normalized spacial score (nSPS) is 19.9. The van der Waals surface area contributed by atoms with Crippen LogP contribution in [0.2, 0.25) is 0 Å². The topological polar surface area (TPSA) is 79.7 Å². The van der Waals surface area contributed by atoms with Gasteiger partial charge in [0, 0.05) is 22.9 Å². The Hall–Kier alpha value is -2.06. The summed E-state index contributed by atoms with van der Waals surface area (Å²) < 4.78 is 5.50. The van der Waals surface area contributed by atoms with Gasteiger partial charge in [0.05, 0.1) is 7.11 Å². The van der Waals surface area contributed by atoms with E-state index < -0.39 is 17.4 Å². The minimum Gasteiger partial charge on any atom is -0.496 e. The van der Waals surface area contributed by atoms with Crippen molar-refractivity contribution in [2.45, 2.75) is 37.6 Å². The van der Waals surface area contributed by atoms with Gasteiger partial charge in [-0.2, -0.15) is 0 Å². The summed E-state index contributed by atoms with van der Waals surface area (Å²) in [4.78, 5) is 30.7. The second-order valence-electron chi connectivity index (χ2n) is 7.29. The van der Waals surface area contributed by atoms with E-state index in [1.54, 1.807) is 25.4 Å². The van der Waals surface area contributed by atoms with E-state index >= 15 is 0 Å². The minimum atomic E-state index is -1.01. The van der Waals surface area contributed by atoms with E-state index in [2.05, 4.69) is 25.8 Å². The molecule has 2 unspecified atom stereocenters. The zero-order chi connectivity index (χ0) is 19.8. The molecule has 0 saturated carbocycles. The number of methoxy groups -OCH3 is 1. The zero-order valence-corrected chi connectivity index (χ0v) is 17.3. The highest BCUT2D eigenvalue weighted by atomic mass is 32.2. The first kappa shape index (κ1) is 19.7. The molecule has 0 spiro atoms. The number of carbonyl (C=O) groups is 2. The van der Waals surface area contributed by atoms with Crippen LogP contribution in [0.1, 0.15) is 47.1 Å². The van der Waals surface area contributed by atoms with E-state index in [1.165, 1.54) is 28.0 Å². The van der Waals surface area contributed by atoms with Crippen LogP contribution in [0.3, 0.4) is 0 Å². The quantitative estimate of drug-likeness (QED) is 0.832. The van der Waals surface area contributed by atoms with E-state index in [0.29, 0.717) is 17.1 Å². The number of carbonyl (C=O) groups excluding carboxylic acids is 1. The van der Waals surface area contributed by atoms with Gasteiger partial charge in [-0.1, -0.05) is 26.8 Å². The summed E-state index contributed by atoms with van der Waals surface area (Å²) in [6.07, 6.45) is 1.67. The Morgan fingerprint density at radius 3 is 2.63 bits per heavy atom. The van der Waals surface area contributed by atoms with Crippen LogP contribution in [0.4, 0.5) is 0 Å². The molecule has 1 amide bonds. The Kier molecular flexibility index (Phi) is 5.48. The predicted octanol–water partition coefficient (Wildman–Crippen LogP) is 3.79. The molecule has 144 valence electrons. The molecule has 1 N–H and O–H groups in total. The second kappa shape index (κ2) is 7.52. The monoisotopic (exact) mass is 406 g/mol. The molecular formula is C19H22N2O4S2. The standard InChI is InChI=1S/C19H22N2O4S2/c1-19(2,3)12-6-5-11(9-14(12)25-4)16(22)21-13(18(23)24)10-27-17(21)15-20-7-8-26-15/h5-9,13,17H,10H2,1-4H3,(H,23,24). The summed E-state index contributed by atoms with van der Waals surface area (Å²) >= 11 is 2.85. The molecule has 1 aliphatic heterocycles. The molecule has 0 radical (unpaired) electrons. The molecule has 1 aromatic carbocycles. The van der Waals surface area contributed by atoms with Crippen molar-refractivity contribution in [1.82, 2.24) is 9.88 Å². The molecule has 1 aliphatic rings. The fourth-order valence-corrected chi connectivity index (χ4v) is 5.34. The molecule has 27 heavy (non-hydrogen) atoms. The first-order valence-electron chi connectivity index (χ1n) is 8.49. The van der Waals surface area contributed by atoms with Crippen LogP contribution in [0.15, 0.2) is 29.8 Å². The first-order valence-corrected chi connectivity index (χ1v) is 10.4. The maximum absolute atomic E-state index is 13.3. The highest BCUT2D eigenvalue weighted by Crippen LogP contribution is 2.43. The number of thiazole rings is 1. The van der Waals surface area contributed by atoms with Gasteiger partial charge in [0.2, 0.25) is 0 Å². The van der Waals surface area contributed by atoms with Crippen LogP contribution in [0, 0.1) is 0 Å². The lowest BCUT2D eigenvalue weighted by atomic mass is 9.85. The molecule has 2 atom stereocenters. The number of aromatic nitrogens is 1. The number of hydrogen-bond donors (Lipinski definition) is 1. The van der Waals surface area contributed by atoms with Gasteiger partial charge in [-0.25, -0.2) is 9.78 Å². The smallest absolute Gasteiger partial charge is 0.327 e. The Morgan fingerprint density at radius 1 is 1.33 bits per heavy atom. The van der Waals surface area contributed by atoms with Gasteiger partial charge in [-0.05, 0) is 23.1 Å². The fourth-order valence-electron chi connectivity index (χ4n) is 3.08. The van der Waals surface area contributed by atoms with Crippen LogP contribution < -0.4 is 4.74 Å². The minimum absolute atomic E-state index is 0.135. The lowest BCUT2D eigenvalue weighted by Crippen LogP contribution is -2.43. The molecule has 1 aromatic heterocycles. The van der Waals surface area contributed by atoms with Gasteiger partial charge in [-0.3, -0.25) is 4.79 Å². The number of hydrogen-bond acceptors (Lipinski definition) is 6. The van der Waals surface area contributed by atoms with E-state index in [0.717, 1.165) is 10.6 Å². The highest BCUT2D eigenvalue weighted by Gasteiger charge is 2.44. The van der Waals surface area contributed by atoms with Crippen molar-refractivity contribution in [1.29, 1.82) is 0 Å². The number of ether oxygens (including phenoxy) is 1. The number of carboxylic acids is 1. The zero-order valence-electron chi connectivity index (χ0n) is 15.6. The van der Waals surface area contributed by atoms with Crippen molar-refractivity contribution in [2.24, 2.45) is 0 Å². The maximum atomic E-state index is 13.3. The molecule has 0 aliphatic carbocycles. The van der Waals surface area contributed by atoms with Gasteiger partial charge in [0.25, 0.3) is 5.91 Å². The number of nitrogens with zero attached hydrogens (tertiary/aromatic N) is 2. The van der Waals surface area contributed by atoms with Crippen molar-refractivity contribution in [3.8, 4) is 5.75 Å². The van der Waals surface area contributed by atoms with E-state index in [1.807, 2.05) is 11.4 Å². The van der Waals surface area contributed by atoms with Crippen LogP contribution in [-0.4, -0.2) is 45.8 Å². The van der Waals surface area contributed by atoms with Gasteiger partial charge in [0.15, 0.2) is 0 Å². The Labute approximate surface area is 166 Å². The van der Waals surface area contributed by atoms with Crippen molar-refractivity contribution in [3.63, 3.8) is 0 Å². The average Bonchev–Trinajstić information content (AvgIpc) is 3.28. The van der Waals surface area contributed by atoms with E-state index in [9.17, 15) is 14.7 Å². The average molecular weight is 407 g/mol. The third-order valence-electron chi connectivity index (χ3n) is 4.44. The van der Waals surface area contributed by atoms with Crippen molar-refractivity contribution in [3.05, 3.63) is 45.9 Å². The van der Waals surface area contributed by atoms with Gasteiger partial charge in [0.1, 0.15) is 22.2 Å². The molecule has 1 fully saturated rings. The summed E-state index contributed by atoms with van der Waals surface area (Å²) in [6, 6.07) is 4.43. The lowest BCUT2D eigenvalue weighted by Gasteiger charge is -2.27. The molecule has 6 nitrogen and oxygen atoms in total. The van der Waals surface area contributed by atoms with Crippen LogP contribution in [0.25, 0.3) is 0 Å². The Balaban J connectivity index is 2.00. The third-order valence-corrected chi connectivity index (χ3v) is 6.69. The van der Waals surface area contributed by atoms with E-state index in [-0.39, 0.29) is 11.3 Å². The number of amides is 1. The second-order valence-corrected chi connectivity index (χ2v) is 9.33. The first-order chi connectivity index (χ1) is 12.7. The number of benzene rings is 1. The summed E-state index contributed by atoms with van der Waals surface area (Å²) in [5.74, 6) is -0.375. The highest BCUT2D eigenvalue weighted by molar-refractivity contribution is 7.99. The fraction of sp³-hybridized carbons (Fsp3) is 0.421. The number of rotatable bonds is 4. The number of carboxylic acid groups (broad SMARTS) is 1. The van der Waals surface area contributed by atoms with Crippen molar-refractivity contribution < 1.29 is 19.4 Å². The summed E-state index contributed by atoms with van der Waals surface area (Å²) in [5.41, 5.74) is 1.27. The lowest BCUT2D eigenvalue weighted by molar-refractivity contribution is -0.141. The SMILES string of the molecule is COc1cc(C(=O)N2C(C(=O)O)CSC2c2nccs2)ccc1C(C)(C)C. The molecule has 8 heteroatoms. The van der Waals surface area contributed by atoms with Crippen LogP contribution >= 0.6 is 23.1 Å². The molecule has 3 rings (SSSR count).